The van der Waals surface area contributed by atoms with E-state index in [1.807, 2.05) is 36.4 Å². The van der Waals surface area contributed by atoms with Gasteiger partial charge in [0.15, 0.2) is 0 Å². The smallest absolute Gasteiger partial charge is 0.255 e. The van der Waals surface area contributed by atoms with Gasteiger partial charge in [0.05, 0.1) is 12.8 Å². The topological polar surface area (TPSA) is 41.6 Å². The van der Waals surface area contributed by atoms with Crippen LogP contribution in [0.25, 0.3) is 0 Å². The molecule has 0 bridgehead atoms. The molecule has 0 radical (unpaired) electrons. The number of anilines is 1. The van der Waals surface area contributed by atoms with Gasteiger partial charge in [-0.15, -0.1) is 0 Å². The Morgan fingerprint density at radius 2 is 1.96 bits per heavy atom. The van der Waals surface area contributed by atoms with E-state index in [9.17, 15) is 4.79 Å². The number of ether oxygens (including phenoxy) is 1. The third kappa shape index (κ3) is 4.60. The number of rotatable bonds is 5. The summed E-state index contributed by atoms with van der Waals surface area (Å²) in [5, 5.41) is 2.91. The Kier molecular flexibility index (Phi) is 5.71. The van der Waals surface area contributed by atoms with Gasteiger partial charge in [-0.1, -0.05) is 31.2 Å². The van der Waals surface area contributed by atoms with Crippen molar-refractivity contribution >= 4 is 11.6 Å². The second-order valence-electron chi connectivity index (χ2n) is 6.83. The van der Waals surface area contributed by atoms with E-state index in [2.05, 4.69) is 29.3 Å². The fraction of sp³-hybridized carbons (Fsp3) is 0.381. The molecule has 0 spiro atoms. The number of nitrogens with zero attached hydrogens (tertiary/aromatic N) is 1. The Labute approximate surface area is 149 Å². The van der Waals surface area contributed by atoms with Gasteiger partial charge in [-0.25, -0.2) is 0 Å². The zero-order valence-corrected chi connectivity index (χ0v) is 15.0. The SMILES string of the molecule is COc1ccccc1NC(=O)c1ccc(CN2CCC[C@H](C)C2)cc1. The Bertz CT molecular complexity index is 712. The van der Waals surface area contributed by atoms with Crippen LogP contribution in [0, 0.1) is 5.92 Å². The summed E-state index contributed by atoms with van der Waals surface area (Å²) in [5.41, 5.74) is 2.59. The Hall–Kier alpha value is -2.33. The van der Waals surface area contributed by atoms with Crippen LogP contribution in [-0.4, -0.2) is 31.0 Å². The molecule has 132 valence electrons. The molecule has 4 heteroatoms. The van der Waals surface area contributed by atoms with Crippen molar-refractivity contribution in [3.63, 3.8) is 0 Å². The van der Waals surface area contributed by atoms with Gasteiger partial charge in [0, 0.05) is 18.7 Å². The summed E-state index contributed by atoms with van der Waals surface area (Å²) >= 11 is 0. The van der Waals surface area contributed by atoms with Crippen molar-refractivity contribution in [3.8, 4) is 5.75 Å². The molecule has 25 heavy (non-hydrogen) atoms. The van der Waals surface area contributed by atoms with E-state index in [1.165, 1.54) is 24.9 Å². The van der Waals surface area contributed by atoms with Gasteiger partial charge in [0.1, 0.15) is 5.75 Å². The van der Waals surface area contributed by atoms with E-state index < -0.39 is 0 Å². The van der Waals surface area contributed by atoms with Crippen LogP contribution in [0.2, 0.25) is 0 Å². The number of hydrogen-bond acceptors (Lipinski definition) is 3. The quantitative estimate of drug-likeness (QED) is 0.889. The average molecular weight is 338 g/mol. The van der Waals surface area contributed by atoms with Crippen molar-refractivity contribution in [1.82, 2.24) is 4.90 Å². The molecule has 0 saturated carbocycles. The molecule has 2 aromatic carbocycles. The maximum Gasteiger partial charge on any atom is 0.255 e. The average Bonchev–Trinajstić information content (AvgIpc) is 2.63. The van der Waals surface area contributed by atoms with Crippen LogP contribution in [-0.2, 0) is 6.54 Å². The number of likely N-dealkylation sites (tertiary alicyclic amines) is 1. The molecule has 1 aliphatic heterocycles. The molecule has 0 unspecified atom stereocenters. The van der Waals surface area contributed by atoms with Gasteiger partial charge < -0.3 is 10.1 Å². The molecule has 1 amide bonds. The Morgan fingerprint density at radius 1 is 1.20 bits per heavy atom. The van der Waals surface area contributed by atoms with E-state index in [-0.39, 0.29) is 5.91 Å². The zero-order chi connectivity index (χ0) is 17.6. The number of methoxy groups -OCH3 is 1. The van der Waals surface area contributed by atoms with Crippen LogP contribution < -0.4 is 10.1 Å². The van der Waals surface area contributed by atoms with Crippen molar-refractivity contribution in [3.05, 3.63) is 59.7 Å². The van der Waals surface area contributed by atoms with Crippen LogP contribution in [0.4, 0.5) is 5.69 Å². The van der Waals surface area contributed by atoms with E-state index in [0.29, 0.717) is 17.0 Å². The maximum atomic E-state index is 12.4. The molecule has 2 aromatic rings. The molecule has 1 saturated heterocycles. The van der Waals surface area contributed by atoms with E-state index in [4.69, 9.17) is 4.74 Å². The molecule has 0 aromatic heterocycles. The summed E-state index contributed by atoms with van der Waals surface area (Å²) in [6, 6.07) is 15.3. The standard InChI is InChI=1S/C21H26N2O2/c1-16-6-5-13-23(14-16)15-17-9-11-18(12-10-17)21(24)22-19-7-3-4-8-20(19)25-2/h3-4,7-12,16H,5-6,13-15H2,1-2H3,(H,22,24)/t16-/m0/s1. The summed E-state index contributed by atoms with van der Waals surface area (Å²) in [6.45, 7) is 5.60. The predicted octanol–water partition coefficient (Wildman–Crippen LogP) is 4.18. The highest BCUT2D eigenvalue weighted by molar-refractivity contribution is 6.05. The lowest BCUT2D eigenvalue weighted by atomic mass is 9.99. The summed E-state index contributed by atoms with van der Waals surface area (Å²) in [7, 11) is 1.60. The van der Waals surface area contributed by atoms with Crippen molar-refractivity contribution in [2.75, 3.05) is 25.5 Å². The van der Waals surface area contributed by atoms with Gasteiger partial charge in [-0.3, -0.25) is 9.69 Å². The molecule has 1 atom stereocenters. The summed E-state index contributed by atoms with van der Waals surface area (Å²) < 4.78 is 5.27. The number of carbonyl (C=O) groups is 1. The molecular formula is C21H26N2O2. The minimum atomic E-state index is -0.123. The summed E-state index contributed by atoms with van der Waals surface area (Å²) in [4.78, 5) is 14.9. The Morgan fingerprint density at radius 3 is 2.68 bits per heavy atom. The fourth-order valence-electron chi connectivity index (χ4n) is 3.39. The minimum Gasteiger partial charge on any atom is -0.495 e. The molecule has 1 heterocycles. The second-order valence-corrected chi connectivity index (χ2v) is 6.83. The number of hydrogen-bond donors (Lipinski definition) is 1. The van der Waals surface area contributed by atoms with Crippen molar-refractivity contribution < 1.29 is 9.53 Å². The van der Waals surface area contributed by atoms with Gasteiger partial charge in [-0.05, 0) is 55.1 Å². The number of amides is 1. The normalized spacial score (nSPS) is 17.9. The number of carbonyl (C=O) groups excluding carboxylic acids is 1. The second kappa shape index (κ2) is 8.17. The van der Waals surface area contributed by atoms with E-state index in [0.717, 1.165) is 19.0 Å². The lowest BCUT2D eigenvalue weighted by molar-refractivity contribution is 0.102. The first-order valence-corrected chi connectivity index (χ1v) is 8.91. The highest BCUT2D eigenvalue weighted by Crippen LogP contribution is 2.24. The zero-order valence-electron chi connectivity index (χ0n) is 15.0. The largest absolute Gasteiger partial charge is 0.495 e. The van der Waals surface area contributed by atoms with Crippen molar-refractivity contribution in [1.29, 1.82) is 0 Å². The maximum absolute atomic E-state index is 12.4. The fourth-order valence-corrected chi connectivity index (χ4v) is 3.39. The molecule has 1 N–H and O–H groups in total. The molecule has 1 aliphatic rings. The highest BCUT2D eigenvalue weighted by Gasteiger charge is 2.16. The highest BCUT2D eigenvalue weighted by atomic mass is 16.5. The van der Waals surface area contributed by atoms with Crippen molar-refractivity contribution in [2.45, 2.75) is 26.3 Å². The number of benzene rings is 2. The van der Waals surface area contributed by atoms with Gasteiger partial charge in [0.25, 0.3) is 5.91 Å². The summed E-state index contributed by atoms with van der Waals surface area (Å²) in [5.74, 6) is 1.31. The number of piperidine rings is 1. The van der Waals surface area contributed by atoms with Gasteiger partial charge in [0.2, 0.25) is 0 Å². The number of para-hydroxylation sites is 2. The van der Waals surface area contributed by atoms with E-state index >= 15 is 0 Å². The van der Waals surface area contributed by atoms with E-state index in [1.54, 1.807) is 7.11 Å². The number of nitrogens with one attached hydrogen (secondary N) is 1. The van der Waals surface area contributed by atoms with Crippen LogP contribution in [0.1, 0.15) is 35.7 Å². The molecular weight excluding hydrogens is 312 g/mol. The van der Waals surface area contributed by atoms with Crippen molar-refractivity contribution in [2.24, 2.45) is 5.92 Å². The first-order valence-electron chi connectivity index (χ1n) is 8.91. The van der Waals surface area contributed by atoms with Crippen LogP contribution in [0.3, 0.4) is 0 Å². The monoisotopic (exact) mass is 338 g/mol. The summed E-state index contributed by atoms with van der Waals surface area (Å²) in [6.07, 6.45) is 2.61. The molecule has 0 aliphatic carbocycles. The lowest BCUT2D eigenvalue weighted by Crippen LogP contribution is -2.33. The lowest BCUT2D eigenvalue weighted by Gasteiger charge is -2.30. The molecule has 4 nitrogen and oxygen atoms in total. The third-order valence-electron chi connectivity index (χ3n) is 4.72. The Balaban J connectivity index is 1.62. The third-order valence-corrected chi connectivity index (χ3v) is 4.72. The molecule has 3 rings (SSSR count). The van der Waals surface area contributed by atoms with Crippen LogP contribution in [0.5, 0.6) is 5.75 Å². The van der Waals surface area contributed by atoms with Crippen LogP contribution >= 0.6 is 0 Å². The molecule has 1 fully saturated rings. The van der Waals surface area contributed by atoms with Gasteiger partial charge >= 0.3 is 0 Å². The van der Waals surface area contributed by atoms with Crippen LogP contribution in [0.15, 0.2) is 48.5 Å². The minimum absolute atomic E-state index is 0.123. The first-order chi connectivity index (χ1) is 12.2. The predicted molar refractivity (Wildman–Crippen MR) is 101 cm³/mol. The first kappa shape index (κ1) is 17.5. The van der Waals surface area contributed by atoms with Gasteiger partial charge in [-0.2, -0.15) is 0 Å².